The molecule has 3 N–H and O–H groups in total. The Morgan fingerprint density at radius 1 is 1.17 bits per heavy atom. The van der Waals surface area contributed by atoms with Crippen molar-refractivity contribution in [1.82, 2.24) is 20.4 Å². The van der Waals surface area contributed by atoms with Gasteiger partial charge in [0, 0.05) is 35.7 Å². The first-order chi connectivity index (χ1) is 16.5. The molecule has 8 nitrogen and oxygen atoms in total. The van der Waals surface area contributed by atoms with Crippen LogP contribution in [0.4, 0.5) is 17.2 Å². The SMILES string of the molecule is Cl.Cn1ncc2c1Nc1ccccc1N(C(=O)c1ccc(CNC(=O)C3CCNCC3)c(Cl)c1)C2. The molecule has 0 bridgehead atoms. The minimum atomic E-state index is -0.154. The first-order valence-corrected chi connectivity index (χ1v) is 11.8. The average molecular weight is 515 g/mol. The zero-order valence-electron chi connectivity index (χ0n) is 19.4. The molecule has 1 saturated heterocycles. The number of aromatic nitrogens is 2. The van der Waals surface area contributed by atoms with E-state index >= 15 is 0 Å². The van der Waals surface area contributed by atoms with E-state index in [0.29, 0.717) is 23.7 Å². The number of anilines is 3. The molecule has 3 heterocycles. The summed E-state index contributed by atoms with van der Waals surface area (Å²) in [6, 6.07) is 13.0. The summed E-state index contributed by atoms with van der Waals surface area (Å²) in [6.07, 6.45) is 3.46. The molecule has 0 unspecified atom stereocenters. The molecule has 1 fully saturated rings. The van der Waals surface area contributed by atoms with Crippen LogP contribution in [-0.4, -0.2) is 34.7 Å². The molecular weight excluding hydrogens is 487 g/mol. The van der Waals surface area contributed by atoms with Crippen molar-refractivity contribution in [2.24, 2.45) is 13.0 Å². The number of rotatable bonds is 4. The second kappa shape index (κ2) is 10.7. The van der Waals surface area contributed by atoms with Crippen LogP contribution in [0.5, 0.6) is 0 Å². The van der Waals surface area contributed by atoms with Crippen LogP contribution in [0.25, 0.3) is 0 Å². The fourth-order valence-corrected chi connectivity index (χ4v) is 4.78. The number of benzene rings is 2. The van der Waals surface area contributed by atoms with E-state index in [1.807, 2.05) is 37.4 Å². The van der Waals surface area contributed by atoms with Gasteiger partial charge >= 0.3 is 0 Å². The zero-order chi connectivity index (χ0) is 23.7. The van der Waals surface area contributed by atoms with E-state index in [-0.39, 0.29) is 30.1 Å². The number of para-hydroxylation sites is 2. The highest BCUT2D eigenvalue weighted by molar-refractivity contribution is 6.32. The lowest BCUT2D eigenvalue weighted by Crippen LogP contribution is -2.37. The number of aryl methyl sites for hydroxylation is 1. The minimum absolute atomic E-state index is 0. The third kappa shape index (κ3) is 5.15. The Balaban J connectivity index is 0.00000289. The maximum atomic E-state index is 13.6. The number of piperidine rings is 1. The molecule has 184 valence electrons. The van der Waals surface area contributed by atoms with Crippen LogP contribution in [0.15, 0.2) is 48.7 Å². The molecule has 10 heteroatoms. The summed E-state index contributed by atoms with van der Waals surface area (Å²) in [7, 11) is 1.87. The Kier molecular flexibility index (Phi) is 7.64. The number of carbonyl (C=O) groups is 2. The second-order valence-corrected chi connectivity index (χ2v) is 9.13. The van der Waals surface area contributed by atoms with Crippen molar-refractivity contribution >= 4 is 53.0 Å². The summed E-state index contributed by atoms with van der Waals surface area (Å²) in [6.45, 7) is 2.46. The van der Waals surface area contributed by atoms with E-state index in [1.165, 1.54) is 0 Å². The van der Waals surface area contributed by atoms with Crippen LogP contribution in [0.1, 0.15) is 34.3 Å². The summed E-state index contributed by atoms with van der Waals surface area (Å²) in [5.74, 6) is 0.799. The van der Waals surface area contributed by atoms with Gasteiger partial charge in [-0.05, 0) is 55.8 Å². The van der Waals surface area contributed by atoms with Crippen molar-refractivity contribution in [3.8, 4) is 0 Å². The lowest BCUT2D eigenvalue weighted by Gasteiger charge is -2.23. The Bertz CT molecular complexity index is 1240. The highest BCUT2D eigenvalue weighted by atomic mass is 35.5. The number of nitrogens with one attached hydrogen (secondary N) is 3. The highest BCUT2D eigenvalue weighted by Gasteiger charge is 2.27. The third-order valence-corrected chi connectivity index (χ3v) is 6.85. The van der Waals surface area contributed by atoms with Crippen molar-refractivity contribution in [2.75, 3.05) is 23.3 Å². The summed E-state index contributed by atoms with van der Waals surface area (Å²) in [4.78, 5) is 27.8. The lowest BCUT2D eigenvalue weighted by molar-refractivity contribution is -0.125. The van der Waals surface area contributed by atoms with Crippen LogP contribution in [0.2, 0.25) is 5.02 Å². The van der Waals surface area contributed by atoms with Crippen LogP contribution in [-0.2, 0) is 24.9 Å². The molecule has 0 aliphatic carbocycles. The number of carbonyl (C=O) groups excluding carboxylic acids is 2. The first kappa shape index (κ1) is 25.0. The van der Waals surface area contributed by atoms with Crippen LogP contribution in [0.3, 0.4) is 0 Å². The Labute approximate surface area is 215 Å². The molecule has 35 heavy (non-hydrogen) atoms. The molecule has 2 amide bonds. The lowest BCUT2D eigenvalue weighted by atomic mass is 9.97. The van der Waals surface area contributed by atoms with E-state index in [2.05, 4.69) is 21.0 Å². The van der Waals surface area contributed by atoms with Crippen molar-refractivity contribution in [2.45, 2.75) is 25.9 Å². The van der Waals surface area contributed by atoms with Gasteiger partial charge in [0.1, 0.15) is 5.82 Å². The van der Waals surface area contributed by atoms with Crippen molar-refractivity contribution in [3.05, 3.63) is 70.4 Å². The standard InChI is InChI=1S/C25H27ClN6O2.ClH/c1-31-23-19(14-29-31)15-32(22-5-3-2-4-21(22)30-23)25(34)17-6-7-18(20(26)12-17)13-28-24(33)16-8-10-27-11-9-16;/h2-7,12,14,16,27,30H,8-11,13,15H2,1H3,(H,28,33);1H. The van der Waals surface area contributed by atoms with Crippen molar-refractivity contribution in [3.63, 3.8) is 0 Å². The number of fused-ring (bicyclic) bond motifs is 2. The monoisotopic (exact) mass is 514 g/mol. The van der Waals surface area contributed by atoms with Crippen LogP contribution in [0, 0.1) is 5.92 Å². The molecule has 2 aromatic carbocycles. The van der Waals surface area contributed by atoms with E-state index < -0.39 is 0 Å². The quantitative estimate of drug-likeness (QED) is 0.489. The first-order valence-electron chi connectivity index (χ1n) is 11.5. The number of hydrogen-bond donors (Lipinski definition) is 3. The molecule has 0 atom stereocenters. The molecule has 1 aromatic heterocycles. The van der Waals surface area contributed by atoms with E-state index in [0.717, 1.165) is 54.3 Å². The van der Waals surface area contributed by atoms with E-state index in [1.54, 1.807) is 27.9 Å². The average Bonchev–Trinajstić information content (AvgIpc) is 3.11. The Morgan fingerprint density at radius 2 is 1.94 bits per heavy atom. The maximum Gasteiger partial charge on any atom is 0.258 e. The Morgan fingerprint density at radius 3 is 2.71 bits per heavy atom. The summed E-state index contributed by atoms with van der Waals surface area (Å²) >= 11 is 6.54. The topological polar surface area (TPSA) is 91.3 Å². The highest BCUT2D eigenvalue weighted by Crippen LogP contribution is 2.36. The molecule has 0 radical (unpaired) electrons. The van der Waals surface area contributed by atoms with Gasteiger partial charge in [0.2, 0.25) is 5.91 Å². The van der Waals surface area contributed by atoms with E-state index in [4.69, 9.17) is 11.6 Å². The van der Waals surface area contributed by atoms with Crippen LogP contribution >= 0.6 is 24.0 Å². The number of nitrogens with zero attached hydrogens (tertiary/aromatic N) is 3. The van der Waals surface area contributed by atoms with Gasteiger partial charge < -0.3 is 20.9 Å². The Hall–Kier alpha value is -3.07. The molecule has 2 aliphatic rings. The predicted molar refractivity (Wildman–Crippen MR) is 140 cm³/mol. The second-order valence-electron chi connectivity index (χ2n) is 8.72. The largest absolute Gasteiger partial charge is 0.352 e. The zero-order valence-corrected chi connectivity index (χ0v) is 21.0. The fourth-order valence-electron chi connectivity index (χ4n) is 4.53. The third-order valence-electron chi connectivity index (χ3n) is 6.50. The molecule has 0 spiro atoms. The minimum Gasteiger partial charge on any atom is -0.352 e. The molecule has 2 aliphatic heterocycles. The van der Waals surface area contributed by atoms with Gasteiger partial charge in [-0.2, -0.15) is 5.10 Å². The van der Waals surface area contributed by atoms with Gasteiger partial charge in [-0.25, -0.2) is 0 Å². The van der Waals surface area contributed by atoms with Crippen LogP contribution < -0.4 is 20.9 Å². The summed E-state index contributed by atoms with van der Waals surface area (Å²) in [5, 5.41) is 14.4. The van der Waals surface area contributed by atoms with Gasteiger partial charge in [-0.15, -0.1) is 12.4 Å². The van der Waals surface area contributed by atoms with Gasteiger partial charge in [-0.1, -0.05) is 29.8 Å². The van der Waals surface area contributed by atoms with Crippen molar-refractivity contribution < 1.29 is 9.59 Å². The summed E-state index contributed by atoms with van der Waals surface area (Å²) in [5.41, 5.74) is 3.82. The molecular formula is C25H28Cl2N6O2. The summed E-state index contributed by atoms with van der Waals surface area (Å²) < 4.78 is 1.77. The molecule has 5 rings (SSSR count). The van der Waals surface area contributed by atoms with Gasteiger partial charge in [0.15, 0.2) is 0 Å². The number of amides is 2. The number of hydrogen-bond acceptors (Lipinski definition) is 5. The van der Waals surface area contributed by atoms with E-state index in [9.17, 15) is 9.59 Å². The van der Waals surface area contributed by atoms with Gasteiger partial charge in [0.05, 0.1) is 24.1 Å². The van der Waals surface area contributed by atoms with Gasteiger partial charge in [0.25, 0.3) is 5.91 Å². The fraction of sp³-hybridized carbons (Fsp3) is 0.320. The van der Waals surface area contributed by atoms with Gasteiger partial charge in [-0.3, -0.25) is 14.3 Å². The maximum absolute atomic E-state index is 13.6. The smallest absolute Gasteiger partial charge is 0.258 e. The normalized spacial score (nSPS) is 15.2. The predicted octanol–water partition coefficient (Wildman–Crippen LogP) is 4.02. The number of halogens is 2. The molecule has 3 aromatic rings. The molecule has 0 saturated carbocycles. The van der Waals surface area contributed by atoms with Crippen molar-refractivity contribution in [1.29, 1.82) is 0 Å².